The molecule has 2 aromatic rings. The first kappa shape index (κ1) is 8.91. The molecule has 2 heterocycles. The average Bonchev–Trinajstić information content (AvgIpc) is 2.70. The summed E-state index contributed by atoms with van der Waals surface area (Å²) in [5, 5.41) is 6.66. The van der Waals surface area contributed by atoms with E-state index in [2.05, 4.69) is 10.1 Å². The molecule has 1 fully saturated rings. The minimum Gasteiger partial charge on any atom is -0.390 e. The molecule has 1 aliphatic carbocycles. The van der Waals surface area contributed by atoms with Gasteiger partial charge in [-0.3, -0.25) is 0 Å². The zero-order chi connectivity index (χ0) is 10.3. The third-order valence-electron chi connectivity index (χ3n) is 2.84. The van der Waals surface area contributed by atoms with Crippen LogP contribution in [-0.2, 0) is 0 Å². The number of hydrogen-bond acceptors (Lipinski definition) is 5. The number of nitrogens with zero attached hydrogens (tertiary/aromatic N) is 2. The van der Waals surface area contributed by atoms with Crippen LogP contribution in [0.25, 0.3) is 11.5 Å². The van der Waals surface area contributed by atoms with Crippen LogP contribution < -0.4 is 5.73 Å². The summed E-state index contributed by atoms with van der Waals surface area (Å²) in [6.45, 7) is 0. The SMILES string of the molecule is Nc1sccc1-c1nc(C2CCC2)no1. The second-order valence-corrected chi connectivity index (χ2v) is 4.73. The van der Waals surface area contributed by atoms with Crippen molar-refractivity contribution in [3.05, 3.63) is 17.3 Å². The number of thiophene rings is 1. The zero-order valence-electron chi connectivity index (χ0n) is 8.14. The standard InChI is InChI=1S/C10H11N3OS/c11-8-7(4-5-15-8)10-12-9(13-14-10)6-2-1-3-6/h4-6H,1-3,11H2. The van der Waals surface area contributed by atoms with Crippen molar-refractivity contribution in [2.45, 2.75) is 25.2 Å². The molecule has 1 aliphatic rings. The maximum Gasteiger partial charge on any atom is 0.260 e. The highest BCUT2D eigenvalue weighted by Gasteiger charge is 2.25. The van der Waals surface area contributed by atoms with Crippen molar-refractivity contribution in [3.8, 4) is 11.5 Å². The van der Waals surface area contributed by atoms with E-state index in [4.69, 9.17) is 10.3 Å². The Morgan fingerprint density at radius 1 is 1.47 bits per heavy atom. The molecule has 0 radical (unpaired) electrons. The van der Waals surface area contributed by atoms with Crippen molar-refractivity contribution in [1.29, 1.82) is 0 Å². The van der Waals surface area contributed by atoms with Gasteiger partial charge in [-0.05, 0) is 24.3 Å². The molecule has 0 aliphatic heterocycles. The van der Waals surface area contributed by atoms with Gasteiger partial charge in [-0.15, -0.1) is 11.3 Å². The van der Waals surface area contributed by atoms with Gasteiger partial charge in [0, 0.05) is 5.92 Å². The lowest BCUT2D eigenvalue weighted by molar-refractivity contribution is 0.366. The molecule has 2 N–H and O–H groups in total. The van der Waals surface area contributed by atoms with Crippen LogP contribution in [0.5, 0.6) is 0 Å². The molecule has 15 heavy (non-hydrogen) atoms. The van der Waals surface area contributed by atoms with Gasteiger partial charge in [0.05, 0.1) is 10.6 Å². The summed E-state index contributed by atoms with van der Waals surface area (Å²) in [6, 6.07) is 1.91. The van der Waals surface area contributed by atoms with E-state index in [0.717, 1.165) is 16.4 Å². The van der Waals surface area contributed by atoms with Crippen LogP contribution in [0.2, 0.25) is 0 Å². The molecular formula is C10H11N3OS. The fraction of sp³-hybridized carbons (Fsp3) is 0.400. The number of nitrogens with two attached hydrogens (primary N) is 1. The molecule has 2 aromatic heterocycles. The summed E-state index contributed by atoms with van der Waals surface area (Å²) in [5.74, 6) is 1.89. The van der Waals surface area contributed by atoms with Crippen molar-refractivity contribution in [1.82, 2.24) is 10.1 Å². The molecule has 0 atom stereocenters. The summed E-state index contributed by atoms with van der Waals surface area (Å²) in [6.07, 6.45) is 3.63. The minimum absolute atomic E-state index is 0.502. The van der Waals surface area contributed by atoms with Gasteiger partial charge in [0.1, 0.15) is 0 Å². The van der Waals surface area contributed by atoms with Crippen LogP contribution in [-0.4, -0.2) is 10.1 Å². The monoisotopic (exact) mass is 221 g/mol. The molecule has 1 saturated carbocycles. The first-order chi connectivity index (χ1) is 7.34. The minimum atomic E-state index is 0.502. The largest absolute Gasteiger partial charge is 0.390 e. The summed E-state index contributed by atoms with van der Waals surface area (Å²) >= 11 is 1.49. The Morgan fingerprint density at radius 3 is 2.93 bits per heavy atom. The third-order valence-corrected chi connectivity index (χ3v) is 3.58. The zero-order valence-corrected chi connectivity index (χ0v) is 8.96. The van der Waals surface area contributed by atoms with Gasteiger partial charge in [-0.25, -0.2) is 0 Å². The van der Waals surface area contributed by atoms with Gasteiger partial charge in [0.25, 0.3) is 5.89 Å². The number of nitrogen functional groups attached to an aromatic ring is 1. The van der Waals surface area contributed by atoms with Gasteiger partial charge in [0.15, 0.2) is 5.82 Å². The van der Waals surface area contributed by atoms with Crippen molar-refractivity contribution < 1.29 is 4.52 Å². The van der Waals surface area contributed by atoms with Gasteiger partial charge in [-0.2, -0.15) is 4.98 Å². The molecule has 0 unspecified atom stereocenters. The molecular weight excluding hydrogens is 210 g/mol. The summed E-state index contributed by atoms with van der Waals surface area (Å²) in [5.41, 5.74) is 6.65. The van der Waals surface area contributed by atoms with Crippen molar-refractivity contribution in [2.24, 2.45) is 0 Å². The highest BCUT2D eigenvalue weighted by Crippen LogP contribution is 2.36. The Labute approximate surface area is 91.1 Å². The highest BCUT2D eigenvalue weighted by atomic mass is 32.1. The Kier molecular flexibility index (Phi) is 1.98. The van der Waals surface area contributed by atoms with Crippen LogP contribution in [0, 0.1) is 0 Å². The first-order valence-corrected chi connectivity index (χ1v) is 5.89. The maximum absolute atomic E-state index is 5.80. The van der Waals surface area contributed by atoms with Crippen LogP contribution >= 0.6 is 11.3 Å². The lowest BCUT2D eigenvalue weighted by Gasteiger charge is -2.20. The Hall–Kier alpha value is -1.36. The molecule has 0 saturated heterocycles. The van der Waals surface area contributed by atoms with E-state index in [1.54, 1.807) is 0 Å². The summed E-state index contributed by atoms with van der Waals surface area (Å²) in [7, 11) is 0. The van der Waals surface area contributed by atoms with E-state index >= 15 is 0 Å². The number of aromatic nitrogens is 2. The smallest absolute Gasteiger partial charge is 0.260 e. The number of anilines is 1. The van der Waals surface area contributed by atoms with Crippen molar-refractivity contribution in [3.63, 3.8) is 0 Å². The van der Waals surface area contributed by atoms with Crippen LogP contribution in [0.3, 0.4) is 0 Å². The van der Waals surface area contributed by atoms with E-state index in [0.29, 0.717) is 11.8 Å². The number of rotatable bonds is 2. The van der Waals surface area contributed by atoms with E-state index < -0.39 is 0 Å². The van der Waals surface area contributed by atoms with Gasteiger partial charge < -0.3 is 10.3 Å². The number of hydrogen-bond donors (Lipinski definition) is 1. The van der Waals surface area contributed by atoms with E-state index in [1.165, 1.54) is 30.6 Å². The first-order valence-electron chi connectivity index (χ1n) is 5.01. The molecule has 78 valence electrons. The van der Waals surface area contributed by atoms with Crippen LogP contribution in [0.1, 0.15) is 31.0 Å². The Bertz CT molecular complexity index is 472. The van der Waals surface area contributed by atoms with Crippen LogP contribution in [0.15, 0.2) is 16.0 Å². The maximum atomic E-state index is 5.80. The second-order valence-electron chi connectivity index (χ2n) is 3.78. The van der Waals surface area contributed by atoms with Crippen molar-refractivity contribution in [2.75, 3.05) is 5.73 Å². The molecule has 5 heteroatoms. The average molecular weight is 221 g/mol. The normalized spacial score (nSPS) is 16.5. The second kappa shape index (κ2) is 3.34. The molecule has 0 bridgehead atoms. The molecule has 3 rings (SSSR count). The van der Waals surface area contributed by atoms with E-state index in [1.807, 2.05) is 11.4 Å². The van der Waals surface area contributed by atoms with Crippen LogP contribution in [0.4, 0.5) is 5.00 Å². The van der Waals surface area contributed by atoms with E-state index in [9.17, 15) is 0 Å². The fourth-order valence-corrected chi connectivity index (χ4v) is 2.31. The molecule has 0 spiro atoms. The lowest BCUT2D eigenvalue weighted by atomic mass is 9.85. The predicted octanol–water partition coefficient (Wildman–Crippen LogP) is 2.65. The quantitative estimate of drug-likeness (QED) is 0.846. The lowest BCUT2D eigenvalue weighted by Crippen LogP contribution is -2.10. The van der Waals surface area contributed by atoms with Crippen molar-refractivity contribution >= 4 is 16.3 Å². The Balaban J connectivity index is 1.93. The highest BCUT2D eigenvalue weighted by molar-refractivity contribution is 7.14. The van der Waals surface area contributed by atoms with Gasteiger partial charge in [-0.1, -0.05) is 11.6 Å². The topological polar surface area (TPSA) is 64.9 Å². The fourth-order valence-electron chi connectivity index (χ4n) is 1.67. The van der Waals surface area contributed by atoms with Gasteiger partial charge >= 0.3 is 0 Å². The molecule has 4 nitrogen and oxygen atoms in total. The molecule has 0 amide bonds. The molecule has 0 aromatic carbocycles. The predicted molar refractivity (Wildman–Crippen MR) is 58.6 cm³/mol. The Morgan fingerprint density at radius 2 is 2.33 bits per heavy atom. The summed E-state index contributed by atoms with van der Waals surface area (Å²) in [4.78, 5) is 4.38. The van der Waals surface area contributed by atoms with E-state index in [-0.39, 0.29) is 0 Å². The summed E-state index contributed by atoms with van der Waals surface area (Å²) < 4.78 is 5.21. The third kappa shape index (κ3) is 1.43. The van der Waals surface area contributed by atoms with Gasteiger partial charge in [0.2, 0.25) is 0 Å².